The highest BCUT2D eigenvalue weighted by atomic mass is 79.9. The van der Waals surface area contributed by atoms with Gasteiger partial charge >= 0.3 is 5.97 Å². The third-order valence-electron chi connectivity index (χ3n) is 1.88. The number of hydrogen-bond acceptors (Lipinski definition) is 5. The first kappa shape index (κ1) is 13.1. The number of esters is 1. The average Bonchev–Trinajstić information content (AvgIpc) is 2.29. The average molecular weight is 299 g/mol. The molecule has 0 heterocycles. The summed E-state index contributed by atoms with van der Waals surface area (Å²) in [5, 5.41) is 19.5. The van der Waals surface area contributed by atoms with Crippen LogP contribution in [0.5, 0.6) is 0 Å². The molecule has 1 rings (SSSR count). The van der Waals surface area contributed by atoms with Gasteiger partial charge in [0, 0.05) is 6.07 Å². The summed E-state index contributed by atoms with van der Waals surface area (Å²) in [6.07, 6.45) is 0. The number of carbonyl (C=O) groups is 1. The van der Waals surface area contributed by atoms with Crippen LogP contribution in [0.4, 0.5) is 5.69 Å². The molecule has 7 heteroatoms. The van der Waals surface area contributed by atoms with Crippen molar-refractivity contribution >= 4 is 27.6 Å². The molecule has 0 bridgehead atoms. The maximum Gasteiger partial charge on any atom is 0.338 e. The Balaban J connectivity index is 3.36. The van der Waals surface area contributed by atoms with Gasteiger partial charge in [-0.1, -0.05) is 0 Å². The highest BCUT2D eigenvalue weighted by Gasteiger charge is 2.20. The number of hydrogen-bond donors (Lipinski definition) is 0. The number of rotatable bonds is 3. The summed E-state index contributed by atoms with van der Waals surface area (Å²) < 4.78 is 4.77. The molecule has 6 nitrogen and oxygen atoms in total. The lowest BCUT2D eigenvalue weighted by molar-refractivity contribution is -0.385. The fourth-order valence-corrected chi connectivity index (χ4v) is 1.62. The standard InChI is InChI=1S/C10H7BrN2O4/c1-2-17-10(14)6-3-7(5-12)9(11)8(4-6)13(15)16/h3-4H,2H2,1H3. The largest absolute Gasteiger partial charge is 0.462 e. The Morgan fingerprint density at radius 2 is 2.29 bits per heavy atom. The van der Waals surface area contributed by atoms with Crippen molar-refractivity contribution in [1.82, 2.24) is 0 Å². The molecule has 17 heavy (non-hydrogen) atoms. The molecule has 0 aromatic heterocycles. The summed E-state index contributed by atoms with van der Waals surface area (Å²) in [5.41, 5.74) is -0.340. The van der Waals surface area contributed by atoms with Crippen molar-refractivity contribution in [2.24, 2.45) is 0 Å². The lowest BCUT2D eigenvalue weighted by atomic mass is 10.1. The van der Waals surface area contributed by atoms with Crippen LogP contribution in [-0.4, -0.2) is 17.5 Å². The smallest absolute Gasteiger partial charge is 0.338 e. The molecule has 0 radical (unpaired) electrons. The van der Waals surface area contributed by atoms with E-state index in [-0.39, 0.29) is 27.9 Å². The second kappa shape index (κ2) is 5.41. The Bertz CT molecular complexity index is 522. The van der Waals surface area contributed by atoms with Gasteiger partial charge in [0.15, 0.2) is 0 Å². The quantitative estimate of drug-likeness (QED) is 0.485. The predicted molar refractivity (Wildman–Crippen MR) is 61.5 cm³/mol. The number of ether oxygens (including phenoxy) is 1. The minimum atomic E-state index is -0.695. The molecule has 88 valence electrons. The van der Waals surface area contributed by atoms with Crippen molar-refractivity contribution in [1.29, 1.82) is 5.26 Å². The molecule has 1 aromatic carbocycles. The molecule has 0 unspecified atom stereocenters. The van der Waals surface area contributed by atoms with Crippen LogP contribution in [0, 0.1) is 21.4 Å². The third-order valence-corrected chi connectivity index (χ3v) is 2.72. The Labute approximate surface area is 105 Å². The number of nitriles is 1. The summed E-state index contributed by atoms with van der Waals surface area (Å²) in [6.45, 7) is 1.78. The van der Waals surface area contributed by atoms with Crippen molar-refractivity contribution in [3.63, 3.8) is 0 Å². The van der Waals surface area contributed by atoms with Crippen LogP contribution in [0.15, 0.2) is 16.6 Å². The van der Waals surface area contributed by atoms with Crippen LogP contribution >= 0.6 is 15.9 Å². The number of carbonyl (C=O) groups excluding carboxylic acids is 1. The Morgan fingerprint density at radius 3 is 2.76 bits per heavy atom. The highest BCUT2D eigenvalue weighted by molar-refractivity contribution is 9.10. The van der Waals surface area contributed by atoms with Crippen LogP contribution in [0.25, 0.3) is 0 Å². The zero-order valence-corrected chi connectivity index (χ0v) is 10.4. The van der Waals surface area contributed by atoms with Gasteiger partial charge in [-0.3, -0.25) is 10.1 Å². The van der Waals surface area contributed by atoms with Gasteiger partial charge in [-0.2, -0.15) is 5.26 Å². The first-order chi connectivity index (χ1) is 8.01. The molecule has 0 saturated carbocycles. The first-order valence-corrected chi connectivity index (χ1v) is 5.35. The Kier molecular flexibility index (Phi) is 4.17. The lowest BCUT2D eigenvalue weighted by Crippen LogP contribution is -2.06. The molecule has 0 amide bonds. The number of benzene rings is 1. The van der Waals surface area contributed by atoms with Crippen LogP contribution in [0.1, 0.15) is 22.8 Å². The van der Waals surface area contributed by atoms with Gasteiger partial charge in [0.25, 0.3) is 5.69 Å². The third kappa shape index (κ3) is 2.79. The molecular formula is C10H7BrN2O4. The van der Waals surface area contributed by atoms with Crippen molar-refractivity contribution in [2.75, 3.05) is 6.61 Å². The maximum atomic E-state index is 11.4. The molecule has 0 spiro atoms. The number of nitro groups is 1. The highest BCUT2D eigenvalue weighted by Crippen LogP contribution is 2.30. The number of nitro benzene ring substituents is 1. The minimum absolute atomic E-state index is 0.0155. The van der Waals surface area contributed by atoms with Gasteiger partial charge in [0.05, 0.1) is 22.7 Å². The van der Waals surface area contributed by atoms with Crippen molar-refractivity contribution in [3.05, 3.63) is 37.8 Å². The van der Waals surface area contributed by atoms with E-state index in [1.807, 2.05) is 0 Å². The predicted octanol–water partition coefficient (Wildman–Crippen LogP) is 2.41. The van der Waals surface area contributed by atoms with Gasteiger partial charge in [0.2, 0.25) is 0 Å². The van der Waals surface area contributed by atoms with Gasteiger partial charge < -0.3 is 4.74 Å². The fraction of sp³-hybridized carbons (Fsp3) is 0.200. The summed E-state index contributed by atoms with van der Waals surface area (Å²) in [7, 11) is 0. The van der Waals surface area contributed by atoms with Crippen LogP contribution in [-0.2, 0) is 4.74 Å². The second-order valence-corrected chi connectivity index (χ2v) is 3.74. The van der Waals surface area contributed by atoms with Gasteiger partial charge in [-0.05, 0) is 28.9 Å². The molecule has 0 saturated heterocycles. The van der Waals surface area contributed by atoms with Crippen LogP contribution in [0.2, 0.25) is 0 Å². The van der Waals surface area contributed by atoms with Crippen molar-refractivity contribution in [3.8, 4) is 6.07 Å². The maximum absolute atomic E-state index is 11.4. The van der Waals surface area contributed by atoms with Crippen LogP contribution < -0.4 is 0 Å². The minimum Gasteiger partial charge on any atom is -0.462 e. The van der Waals surface area contributed by atoms with E-state index in [0.717, 1.165) is 6.07 Å². The molecule has 1 aromatic rings. The normalized spacial score (nSPS) is 9.47. The van der Waals surface area contributed by atoms with Crippen molar-refractivity contribution in [2.45, 2.75) is 6.92 Å². The SMILES string of the molecule is CCOC(=O)c1cc(C#N)c(Br)c([N+](=O)[O-])c1. The van der Waals surface area contributed by atoms with E-state index >= 15 is 0 Å². The molecule has 0 fully saturated rings. The Hall–Kier alpha value is -1.94. The van der Waals surface area contributed by atoms with E-state index in [4.69, 9.17) is 10.00 Å². The van der Waals surface area contributed by atoms with E-state index in [2.05, 4.69) is 15.9 Å². The fourth-order valence-electron chi connectivity index (χ4n) is 1.16. The zero-order chi connectivity index (χ0) is 13.0. The van der Waals surface area contributed by atoms with E-state index in [1.165, 1.54) is 6.07 Å². The van der Waals surface area contributed by atoms with Crippen molar-refractivity contribution < 1.29 is 14.5 Å². The Morgan fingerprint density at radius 1 is 1.65 bits per heavy atom. The van der Waals surface area contributed by atoms with Gasteiger partial charge in [-0.15, -0.1) is 0 Å². The summed E-state index contributed by atoms with van der Waals surface area (Å²) in [5.74, 6) is -0.695. The van der Waals surface area contributed by atoms with Gasteiger partial charge in [0.1, 0.15) is 10.5 Å². The molecule has 0 atom stereocenters. The molecule has 0 N–H and O–H groups in total. The topological polar surface area (TPSA) is 93.2 Å². The molecular weight excluding hydrogens is 292 g/mol. The second-order valence-electron chi connectivity index (χ2n) is 2.95. The summed E-state index contributed by atoms with van der Waals surface area (Å²) in [6, 6.07) is 4.09. The zero-order valence-electron chi connectivity index (χ0n) is 8.77. The van der Waals surface area contributed by atoms with E-state index in [9.17, 15) is 14.9 Å². The van der Waals surface area contributed by atoms with E-state index in [0.29, 0.717) is 0 Å². The lowest BCUT2D eigenvalue weighted by Gasteiger charge is -2.04. The van der Waals surface area contributed by atoms with E-state index in [1.54, 1.807) is 13.0 Å². The van der Waals surface area contributed by atoms with Crippen LogP contribution in [0.3, 0.4) is 0 Å². The monoisotopic (exact) mass is 298 g/mol. The number of halogens is 1. The van der Waals surface area contributed by atoms with Gasteiger partial charge in [-0.25, -0.2) is 4.79 Å². The summed E-state index contributed by atoms with van der Waals surface area (Å²) >= 11 is 2.95. The molecule has 0 aliphatic rings. The molecule has 0 aliphatic heterocycles. The first-order valence-electron chi connectivity index (χ1n) is 4.56. The summed E-state index contributed by atoms with van der Waals surface area (Å²) in [4.78, 5) is 21.5. The number of nitrogens with zero attached hydrogens (tertiary/aromatic N) is 2. The van der Waals surface area contributed by atoms with E-state index < -0.39 is 10.9 Å². The molecule has 0 aliphatic carbocycles.